The first-order valence-electron chi connectivity index (χ1n) is 6.48. The van der Waals surface area contributed by atoms with Crippen LogP contribution in [0.25, 0.3) is 0 Å². The molecule has 2 N–H and O–H groups in total. The lowest BCUT2D eigenvalue weighted by molar-refractivity contribution is -0.116. The topological polar surface area (TPSA) is 59.6 Å². The first-order chi connectivity index (χ1) is 9.22. The summed E-state index contributed by atoms with van der Waals surface area (Å²) in [5.74, 6) is 1.28. The van der Waals surface area contributed by atoms with Crippen LogP contribution in [-0.4, -0.2) is 32.7 Å². The predicted octanol–water partition coefficient (Wildman–Crippen LogP) is 1.78. The quantitative estimate of drug-likeness (QED) is 0.788. The van der Waals surface area contributed by atoms with Crippen LogP contribution in [0.5, 0.6) is 11.5 Å². The third-order valence-corrected chi connectivity index (χ3v) is 3.05. The van der Waals surface area contributed by atoms with Gasteiger partial charge in [-0.3, -0.25) is 4.79 Å². The average molecular weight is 264 g/mol. The zero-order valence-electron chi connectivity index (χ0n) is 11.4. The lowest BCUT2D eigenvalue weighted by Crippen LogP contribution is -2.23. The summed E-state index contributed by atoms with van der Waals surface area (Å²) in [4.78, 5) is 11.8. The van der Waals surface area contributed by atoms with Gasteiger partial charge in [-0.05, 0) is 25.0 Å². The Kier molecular flexibility index (Phi) is 4.63. The van der Waals surface area contributed by atoms with Crippen LogP contribution in [0.3, 0.4) is 0 Å². The van der Waals surface area contributed by atoms with Crippen molar-refractivity contribution in [2.45, 2.75) is 25.3 Å². The number of benzene rings is 1. The SMILES string of the molecule is COc1ccc(NC(=O)CCNC2CC2)c(OC)c1. The van der Waals surface area contributed by atoms with Crippen LogP contribution in [-0.2, 0) is 4.79 Å². The van der Waals surface area contributed by atoms with Gasteiger partial charge in [-0.2, -0.15) is 0 Å². The second-order valence-electron chi connectivity index (χ2n) is 4.59. The fourth-order valence-corrected chi connectivity index (χ4v) is 1.79. The van der Waals surface area contributed by atoms with Crippen LogP contribution in [0.2, 0.25) is 0 Å². The molecule has 1 aliphatic rings. The fraction of sp³-hybridized carbons (Fsp3) is 0.500. The Balaban J connectivity index is 1.87. The zero-order chi connectivity index (χ0) is 13.7. The number of rotatable bonds is 7. The molecule has 1 aromatic carbocycles. The van der Waals surface area contributed by atoms with Crippen molar-refractivity contribution in [1.29, 1.82) is 0 Å². The maximum absolute atomic E-state index is 11.8. The molecular weight excluding hydrogens is 244 g/mol. The van der Waals surface area contributed by atoms with Gasteiger partial charge in [0.2, 0.25) is 5.91 Å². The lowest BCUT2D eigenvalue weighted by atomic mass is 10.2. The van der Waals surface area contributed by atoms with E-state index in [1.165, 1.54) is 12.8 Å². The molecule has 0 bridgehead atoms. The molecule has 0 heterocycles. The molecule has 0 radical (unpaired) electrons. The molecule has 5 nitrogen and oxygen atoms in total. The van der Waals surface area contributed by atoms with E-state index in [0.717, 1.165) is 6.54 Å². The van der Waals surface area contributed by atoms with Gasteiger partial charge in [0.15, 0.2) is 0 Å². The van der Waals surface area contributed by atoms with Crippen molar-refractivity contribution >= 4 is 11.6 Å². The van der Waals surface area contributed by atoms with Gasteiger partial charge in [-0.25, -0.2) is 0 Å². The van der Waals surface area contributed by atoms with Gasteiger partial charge in [0, 0.05) is 25.1 Å². The van der Waals surface area contributed by atoms with Crippen molar-refractivity contribution in [3.05, 3.63) is 18.2 Å². The molecular formula is C14H20N2O3. The molecule has 2 rings (SSSR count). The number of hydrogen-bond acceptors (Lipinski definition) is 4. The summed E-state index contributed by atoms with van der Waals surface area (Å²) in [6, 6.07) is 5.95. The highest BCUT2D eigenvalue weighted by Crippen LogP contribution is 2.29. The van der Waals surface area contributed by atoms with E-state index < -0.39 is 0 Å². The van der Waals surface area contributed by atoms with Crippen LogP contribution in [0, 0.1) is 0 Å². The van der Waals surface area contributed by atoms with E-state index in [4.69, 9.17) is 9.47 Å². The van der Waals surface area contributed by atoms with Gasteiger partial charge in [0.1, 0.15) is 11.5 Å². The summed E-state index contributed by atoms with van der Waals surface area (Å²) >= 11 is 0. The summed E-state index contributed by atoms with van der Waals surface area (Å²) in [6.45, 7) is 0.717. The number of anilines is 1. The maximum atomic E-state index is 11.8. The van der Waals surface area contributed by atoms with Crippen molar-refractivity contribution < 1.29 is 14.3 Å². The highest BCUT2D eigenvalue weighted by atomic mass is 16.5. The predicted molar refractivity (Wildman–Crippen MR) is 73.8 cm³/mol. The number of carbonyl (C=O) groups is 1. The molecule has 1 aliphatic carbocycles. The molecule has 0 atom stereocenters. The standard InChI is InChI=1S/C14H20N2O3/c1-18-11-5-6-12(13(9-11)19-2)16-14(17)7-8-15-10-3-4-10/h5-6,9-10,15H,3-4,7-8H2,1-2H3,(H,16,17). The maximum Gasteiger partial charge on any atom is 0.225 e. The van der Waals surface area contributed by atoms with Crippen LogP contribution in [0.1, 0.15) is 19.3 Å². The van der Waals surface area contributed by atoms with E-state index in [2.05, 4.69) is 10.6 Å². The average Bonchev–Trinajstić information content (AvgIpc) is 3.23. The third-order valence-electron chi connectivity index (χ3n) is 3.05. The molecule has 1 saturated carbocycles. The molecule has 0 saturated heterocycles. The van der Waals surface area contributed by atoms with Gasteiger partial charge < -0.3 is 20.1 Å². The lowest BCUT2D eigenvalue weighted by Gasteiger charge is -2.11. The number of amides is 1. The Morgan fingerprint density at radius 1 is 1.32 bits per heavy atom. The molecule has 0 spiro atoms. The first-order valence-corrected chi connectivity index (χ1v) is 6.48. The molecule has 104 valence electrons. The van der Waals surface area contributed by atoms with E-state index >= 15 is 0 Å². The van der Waals surface area contributed by atoms with E-state index in [9.17, 15) is 4.79 Å². The van der Waals surface area contributed by atoms with Crippen molar-refractivity contribution in [1.82, 2.24) is 5.32 Å². The second kappa shape index (κ2) is 6.43. The summed E-state index contributed by atoms with van der Waals surface area (Å²) < 4.78 is 10.3. The summed E-state index contributed by atoms with van der Waals surface area (Å²) in [7, 11) is 3.16. The van der Waals surface area contributed by atoms with Crippen molar-refractivity contribution in [3.63, 3.8) is 0 Å². The smallest absolute Gasteiger partial charge is 0.225 e. The number of carbonyl (C=O) groups excluding carboxylic acids is 1. The Hall–Kier alpha value is -1.75. The first kappa shape index (κ1) is 13.7. The molecule has 0 unspecified atom stereocenters. The number of methoxy groups -OCH3 is 2. The Morgan fingerprint density at radius 3 is 2.74 bits per heavy atom. The van der Waals surface area contributed by atoms with Gasteiger partial charge in [0.25, 0.3) is 0 Å². The summed E-state index contributed by atoms with van der Waals surface area (Å²) in [5.41, 5.74) is 0.666. The molecule has 1 fully saturated rings. The Labute approximate surface area is 113 Å². The van der Waals surface area contributed by atoms with E-state index in [-0.39, 0.29) is 5.91 Å². The molecule has 0 aromatic heterocycles. The summed E-state index contributed by atoms with van der Waals surface area (Å²) in [6.07, 6.45) is 2.92. The van der Waals surface area contributed by atoms with Crippen molar-refractivity contribution in [3.8, 4) is 11.5 Å². The van der Waals surface area contributed by atoms with Gasteiger partial charge in [0.05, 0.1) is 19.9 Å². The van der Waals surface area contributed by atoms with Crippen molar-refractivity contribution in [2.75, 3.05) is 26.1 Å². The van der Waals surface area contributed by atoms with Gasteiger partial charge >= 0.3 is 0 Å². The minimum absolute atomic E-state index is 0.0170. The number of hydrogen-bond donors (Lipinski definition) is 2. The van der Waals surface area contributed by atoms with Crippen molar-refractivity contribution in [2.24, 2.45) is 0 Å². The Bertz CT molecular complexity index is 444. The fourth-order valence-electron chi connectivity index (χ4n) is 1.79. The van der Waals surface area contributed by atoms with Crippen LogP contribution in [0.4, 0.5) is 5.69 Å². The monoisotopic (exact) mass is 264 g/mol. The highest BCUT2D eigenvalue weighted by Gasteiger charge is 2.20. The van der Waals surface area contributed by atoms with Crippen LogP contribution < -0.4 is 20.1 Å². The second-order valence-corrected chi connectivity index (χ2v) is 4.59. The molecule has 1 aromatic rings. The normalized spacial score (nSPS) is 14.0. The molecule has 0 aliphatic heterocycles. The van der Waals surface area contributed by atoms with Crippen LogP contribution in [0.15, 0.2) is 18.2 Å². The van der Waals surface area contributed by atoms with E-state index in [1.807, 2.05) is 0 Å². The summed E-state index contributed by atoms with van der Waals surface area (Å²) in [5, 5.41) is 6.16. The molecule has 5 heteroatoms. The minimum Gasteiger partial charge on any atom is -0.497 e. The van der Waals surface area contributed by atoms with E-state index in [0.29, 0.717) is 29.6 Å². The third kappa shape index (κ3) is 4.13. The molecule has 1 amide bonds. The number of ether oxygens (including phenoxy) is 2. The van der Waals surface area contributed by atoms with Gasteiger partial charge in [-0.1, -0.05) is 0 Å². The van der Waals surface area contributed by atoms with E-state index in [1.54, 1.807) is 32.4 Å². The highest BCUT2D eigenvalue weighted by molar-refractivity contribution is 5.92. The van der Waals surface area contributed by atoms with Crippen LogP contribution >= 0.6 is 0 Å². The minimum atomic E-state index is -0.0170. The Morgan fingerprint density at radius 2 is 2.11 bits per heavy atom. The molecule has 19 heavy (non-hydrogen) atoms. The largest absolute Gasteiger partial charge is 0.497 e. The zero-order valence-corrected chi connectivity index (χ0v) is 11.4. The number of nitrogens with one attached hydrogen (secondary N) is 2. The van der Waals surface area contributed by atoms with Gasteiger partial charge in [-0.15, -0.1) is 0 Å².